The van der Waals surface area contributed by atoms with Crippen LogP contribution < -0.4 is 5.32 Å². The van der Waals surface area contributed by atoms with Crippen LogP contribution in [-0.4, -0.2) is 43.8 Å². The van der Waals surface area contributed by atoms with Gasteiger partial charge in [0.2, 0.25) is 0 Å². The molecule has 2 aromatic carbocycles. The summed E-state index contributed by atoms with van der Waals surface area (Å²) < 4.78 is 9.41. The lowest BCUT2D eigenvalue weighted by molar-refractivity contribution is -0.113. The molecule has 0 saturated carbocycles. The van der Waals surface area contributed by atoms with E-state index in [4.69, 9.17) is 27.9 Å². The first-order chi connectivity index (χ1) is 15.6. The Kier molecular flexibility index (Phi) is 9.02. The largest absolute Gasteiger partial charge is 0.465 e. The lowest BCUT2D eigenvalue weighted by atomic mass is 10.1. The molecule has 0 aliphatic rings. The first-order valence-electron chi connectivity index (χ1n) is 9.60. The van der Waals surface area contributed by atoms with E-state index in [2.05, 4.69) is 21.9 Å². The third kappa shape index (κ3) is 6.34. The SMILES string of the molecule is C=NN(Cc1ccc(Cl)c(Cl)c1)/C(C)=C(\C)C(=O)Nc1ccc(C(=O)OC)c(C(=O)OC)c1. The average Bonchev–Trinajstić information content (AvgIpc) is 2.82. The topological polar surface area (TPSA) is 97.3 Å². The minimum atomic E-state index is -0.737. The Bertz CT molecular complexity index is 1130. The maximum atomic E-state index is 12.8. The summed E-state index contributed by atoms with van der Waals surface area (Å²) in [5.41, 5.74) is 2.02. The first-order valence-corrected chi connectivity index (χ1v) is 10.4. The van der Waals surface area contributed by atoms with Crippen LogP contribution in [0.3, 0.4) is 0 Å². The van der Waals surface area contributed by atoms with Crippen molar-refractivity contribution in [2.24, 2.45) is 5.10 Å². The minimum absolute atomic E-state index is 0.0226. The van der Waals surface area contributed by atoms with Crippen LogP contribution in [0.4, 0.5) is 5.69 Å². The van der Waals surface area contributed by atoms with E-state index in [9.17, 15) is 14.4 Å². The Morgan fingerprint density at radius 2 is 1.61 bits per heavy atom. The Balaban J connectivity index is 2.28. The van der Waals surface area contributed by atoms with Crippen molar-refractivity contribution in [2.75, 3.05) is 19.5 Å². The molecule has 0 aliphatic heterocycles. The number of nitrogens with one attached hydrogen (secondary N) is 1. The third-order valence-corrected chi connectivity index (χ3v) is 5.58. The number of halogens is 2. The summed E-state index contributed by atoms with van der Waals surface area (Å²) in [4.78, 5) is 36.9. The number of benzene rings is 2. The molecule has 0 fully saturated rings. The number of esters is 2. The second-order valence-corrected chi connectivity index (χ2v) is 7.67. The minimum Gasteiger partial charge on any atom is -0.465 e. The van der Waals surface area contributed by atoms with E-state index < -0.39 is 17.8 Å². The van der Waals surface area contributed by atoms with Crippen LogP contribution in [0.25, 0.3) is 0 Å². The maximum Gasteiger partial charge on any atom is 0.338 e. The zero-order valence-electron chi connectivity index (χ0n) is 18.6. The molecule has 0 unspecified atom stereocenters. The molecule has 10 heteroatoms. The van der Waals surface area contributed by atoms with E-state index >= 15 is 0 Å². The normalized spacial score (nSPS) is 11.2. The van der Waals surface area contributed by atoms with Gasteiger partial charge in [-0.1, -0.05) is 29.3 Å². The number of carbonyl (C=O) groups excluding carboxylic acids is 3. The van der Waals surface area contributed by atoms with Crippen molar-refractivity contribution in [2.45, 2.75) is 20.4 Å². The van der Waals surface area contributed by atoms with Gasteiger partial charge in [0.05, 0.1) is 41.9 Å². The third-order valence-electron chi connectivity index (χ3n) is 4.85. The highest BCUT2D eigenvalue weighted by molar-refractivity contribution is 6.42. The Morgan fingerprint density at radius 1 is 0.970 bits per heavy atom. The van der Waals surface area contributed by atoms with E-state index in [0.717, 1.165) is 5.56 Å². The van der Waals surface area contributed by atoms with Gasteiger partial charge in [-0.15, -0.1) is 0 Å². The molecule has 1 N–H and O–H groups in total. The number of anilines is 1. The molecule has 174 valence electrons. The predicted molar refractivity (Wildman–Crippen MR) is 128 cm³/mol. The zero-order valence-corrected chi connectivity index (χ0v) is 20.1. The van der Waals surface area contributed by atoms with Crippen LogP contribution in [0.5, 0.6) is 0 Å². The molecule has 0 atom stereocenters. The Morgan fingerprint density at radius 3 is 2.18 bits per heavy atom. The van der Waals surface area contributed by atoms with Crippen molar-refractivity contribution in [1.29, 1.82) is 0 Å². The van der Waals surface area contributed by atoms with E-state index in [1.54, 1.807) is 37.1 Å². The standard InChI is InChI=1S/C23H23Cl2N3O5/c1-13(14(2)28(26-3)12-15-6-9-19(24)20(25)10-15)21(29)27-16-7-8-17(22(30)32-4)18(11-16)23(31)33-5/h6-11H,3,12H2,1-2,4-5H3,(H,27,29)/b14-13+. The van der Waals surface area contributed by atoms with Crippen molar-refractivity contribution < 1.29 is 23.9 Å². The van der Waals surface area contributed by atoms with Gasteiger partial charge in [-0.2, -0.15) is 5.10 Å². The number of hydrogen-bond acceptors (Lipinski definition) is 7. The molecule has 1 amide bonds. The fraction of sp³-hybridized carbons (Fsp3) is 0.217. The van der Waals surface area contributed by atoms with Crippen molar-refractivity contribution in [3.05, 3.63) is 74.4 Å². The molecular weight excluding hydrogens is 469 g/mol. The number of ether oxygens (including phenoxy) is 2. The van der Waals surface area contributed by atoms with E-state index in [0.29, 0.717) is 33.5 Å². The van der Waals surface area contributed by atoms with Gasteiger partial charge in [0.15, 0.2) is 0 Å². The second-order valence-electron chi connectivity index (χ2n) is 6.86. The molecular formula is C23H23Cl2N3O5. The lowest BCUT2D eigenvalue weighted by Gasteiger charge is -2.21. The molecule has 0 aliphatic carbocycles. The number of hydrazone groups is 1. The predicted octanol–water partition coefficient (Wildman–Crippen LogP) is 4.92. The van der Waals surface area contributed by atoms with Crippen molar-refractivity contribution in [1.82, 2.24) is 5.01 Å². The number of allylic oxidation sites excluding steroid dienone is 1. The molecule has 0 radical (unpaired) electrons. The van der Waals surface area contributed by atoms with E-state index in [1.165, 1.54) is 32.4 Å². The summed E-state index contributed by atoms with van der Waals surface area (Å²) in [7, 11) is 2.39. The number of methoxy groups -OCH3 is 2. The van der Waals surface area contributed by atoms with Gasteiger partial charge in [0.25, 0.3) is 5.91 Å². The highest BCUT2D eigenvalue weighted by Crippen LogP contribution is 2.25. The zero-order chi connectivity index (χ0) is 24.7. The fourth-order valence-corrected chi connectivity index (χ4v) is 3.18. The van der Waals surface area contributed by atoms with Crippen LogP contribution in [0.2, 0.25) is 10.0 Å². The van der Waals surface area contributed by atoms with Gasteiger partial charge >= 0.3 is 11.9 Å². The highest BCUT2D eigenvalue weighted by Gasteiger charge is 2.20. The number of amides is 1. The van der Waals surface area contributed by atoms with E-state index in [-0.39, 0.29) is 11.1 Å². The Labute approximate surface area is 201 Å². The van der Waals surface area contributed by atoms with Gasteiger partial charge in [-0.3, -0.25) is 9.80 Å². The summed E-state index contributed by atoms with van der Waals surface area (Å²) in [6, 6.07) is 9.39. The van der Waals surface area contributed by atoms with E-state index in [1.807, 2.05) is 0 Å². The van der Waals surface area contributed by atoms with Crippen molar-refractivity contribution in [3.63, 3.8) is 0 Å². The molecule has 0 saturated heterocycles. The lowest BCUT2D eigenvalue weighted by Crippen LogP contribution is -2.21. The van der Waals surface area contributed by atoms with Gasteiger partial charge in [0.1, 0.15) is 0 Å². The molecule has 0 bridgehead atoms. The Hall–Kier alpha value is -3.36. The van der Waals surface area contributed by atoms with Crippen LogP contribution in [0.1, 0.15) is 40.1 Å². The average molecular weight is 492 g/mol. The molecule has 0 heterocycles. The van der Waals surface area contributed by atoms with Gasteiger partial charge in [0, 0.05) is 23.7 Å². The summed E-state index contributed by atoms with van der Waals surface area (Å²) in [5.74, 6) is -1.87. The van der Waals surface area contributed by atoms with Crippen molar-refractivity contribution >= 4 is 53.5 Å². The van der Waals surface area contributed by atoms with Crippen molar-refractivity contribution in [3.8, 4) is 0 Å². The molecule has 2 rings (SSSR count). The first kappa shape index (κ1) is 25.9. The summed E-state index contributed by atoms with van der Waals surface area (Å²) in [6.45, 7) is 7.24. The molecule has 8 nitrogen and oxygen atoms in total. The second kappa shape index (κ2) is 11.5. The fourth-order valence-electron chi connectivity index (χ4n) is 2.86. The number of nitrogens with zero attached hydrogens (tertiary/aromatic N) is 2. The quantitative estimate of drug-likeness (QED) is 0.243. The molecule has 0 spiro atoms. The monoisotopic (exact) mass is 491 g/mol. The summed E-state index contributed by atoms with van der Waals surface area (Å²) in [5, 5.41) is 9.09. The number of carbonyl (C=O) groups is 3. The molecule has 2 aromatic rings. The molecule has 33 heavy (non-hydrogen) atoms. The summed E-state index contributed by atoms with van der Waals surface area (Å²) >= 11 is 12.0. The maximum absolute atomic E-state index is 12.8. The van der Waals surface area contributed by atoms with Gasteiger partial charge < -0.3 is 14.8 Å². The molecule has 0 aromatic heterocycles. The number of rotatable bonds is 8. The number of hydrogen-bond donors (Lipinski definition) is 1. The summed E-state index contributed by atoms with van der Waals surface area (Å²) in [6.07, 6.45) is 0. The van der Waals surface area contributed by atoms with Crippen LogP contribution in [0.15, 0.2) is 52.8 Å². The van der Waals surface area contributed by atoms with Crippen LogP contribution >= 0.6 is 23.2 Å². The highest BCUT2D eigenvalue weighted by atomic mass is 35.5. The van der Waals surface area contributed by atoms with Gasteiger partial charge in [-0.25, -0.2) is 9.59 Å². The smallest absolute Gasteiger partial charge is 0.338 e. The van der Waals surface area contributed by atoms with Crippen LogP contribution in [-0.2, 0) is 20.8 Å². The van der Waals surface area contributed by atoms with Gasteiger partial charge in [-0.05, 0) is 49.7 Å². The van der Waals surface area contributed by atoms with Crippen LogP contribution in [0, 0.1) is 0 Å².